The smallest absolute Gasteiger partial charge is 0.142 e. The van der Waals surface area contributed by atoms with Gasteiger partial charge in [0.25, 0.3) is 0 Å². The van der Waals surface area contributed by atoms with Crippen LogP contribution in [-0.2, 0) is 6.42 Å². The highest BCUT2D eigenvalue weighted by Gasteiger charge is 2.21. The van der Waals surface area contributed by atoms with Crippen molar-refractivity contribution in [2.45, 2.75) is 20.3 Å². The zero-order valence-electron chi connectivity index (χ0n) is 12.9. The number of nitrogens with zero attached hydrogens (tertiary/aromatic N) is 1. The Morgan fingerprint density at radius 3 is 2.43 bits per heavy atom. The molecule has 0 aliphatic heterocycles. The number of hydrogen-bond donors (Lipinski definition) is 1. The molecule has 0 amide bonds. The Balaban J connectivity index is 2.10. The molecule has 3 nitrogen and oxygen atoms in total. The van der Waals surface area contributed by atoms with Crippen molar-refractivity contribution in [2.24, 2.45) is 0 Å². The van der Waals surface area contributed by atoms with Crippen molar-refractivity contribution in [3.05, 3.63) is 41.5 Å². The fourth-order valence-corrected chi connectivity index (χ4v) is 3.18. The third-order valence-corrected chi connectivity index (χ3v) is 4.35. The zero-order chi connectivity index (χ0) is 15.0. The van der Waals surface area contributed by atoms with E-state index < -0.39 is 0 Å². The normalized spacial score (nSPS) is 12.0. The number of anilines is 2. The van der Waals surface area contributed by atoms with Crippen LogP contribution in [-0.4, -0.2) is 20.2 Å². The number of hydrogen-bond acceptors (Lipinski definition) is 3. The minimum atomic E-state index is 0.716. The van der Waals surface area contributed by atoms with Crippen molar-refractivity contribution < 1.29 is 4.74 Å². The Kier molecular flexibility index (Phi) is 3.50. The van der Waals surface area contributed by atoms with E-state index in [1.165, 1.54) is 27.9 Å². The molecule has 2 aromatic carbocycles. The molecule has 0 heterocycles. The van der Waals surface area contributed by atoms with Gasteiger partial charge in [-0.25, -0.2) is 0 Å². The summed E-state index contributed by atoms with van der Waals surface area (Å²) >= 11 is 0. The summed E-state index contributed by atoms with van der Waals surface area (Å²) in [6, 6.07) is 10.9. The quantitative estimate of drug-likeness (QED) is 0.742. The van der Waals surface area contributed by atoms with Gasteiger partial charge in [-0.15, -0.1) is 0 Å². The molecule has 0 bridgehead atoms. The van der Waals surface area contributed by atoms with E-state index in [0.29, 0.717) is 5.69 Å². The van der Waals surface area contributed by atoms with Crippen LogP contribution in [0.15, 0.2) is 30.3 Å². The van der Waals surface area contributed by atoms with E-state index in [1.807, 2.05) is 6.07 Å². The van der Waals surface area contributed by atoms with Crippen LogP contribution < -0.4 is 15.4 Å². The minimum absolute atomic E-state index is 0.716. The Labute approximate surface area is 126 Å². The summed E-state index contributed by atoms with van der Waals surface area (Å²) in [6.07, 6.45) is 0.956. The van der Waals surface area contributed by atoms with Crippen LogP contribution >= 0.6 is 0 Å². The average molecular weight is 282 g/mol. The molecular formula is C18H22N2O. The summed E-state index contributed by atoms with van der Waals surface area (Å²) in [6.45, 7) is 6.42. The molecule has 110 valence electrons. The first kappa shape index (κ1) is 13.8. The summed E-state index contributed by atoms with van der Waals surface area (Å²) in [5, 5.41) is 0. The fraction of sp³-hybridized carbons (Fsp3) is 0.333. The van der Waals surface area contributed by atoms with Gasteiger partial charge in [-0.2, -0.15) is 0 Å². The second kappa shape index (κ2) is 5.32. The van der Waals surface area contributed by atoms with Gasteiger partial charge in [-0.3, -0.25) is 0 Å². The molecule has 2 aromatic rings. The Morgan fingerprint density at radius 2 is 1.76 bits per heavy atom. The first-order chi connectivity index (χ1) is 10.2. The van der Waals surface area contributed by atoms with Gasteiger partial charge in [0.1, 0.15) is 5.75 Å². The number of nitrogen functional groups attached to an aromatic ring is 1. The lowest BCUT2D eigenvalue weighted by Gasteiger charge is -2.22. The molecule has 0 atom stereocenters. The molecule has 1 aliphatic carbocycles. The van der Waals surface area contributed by atoms with Gasteiger partial charge < -0.3 is 15.4 Å². The largest absolute Gasteiger partial charge is 0.495 e. The lowest BCUT2D eigenvalue weighted by Crippen LogP contribution is -2.21. The Hall–Kier alpha value is -2.16. The second-order valence-electron chi connectivity index (χ2n) is 5.44. The third kappa shape index (κ3) is 2.23. The lowest BCUT2D eigenvalue weighted by molar-refractivity contribution is 0.417. The summed E-state index contributed by atoms with van der Waals surface area (Å²) in [7, 11) is 1.67. The van der Waals surface area contributed by atoms with E-state index in [2.05, 4.69) is 43.0 Å². The third-order valence-electron chi connectivity index (χ3n) is 4.35. The van der Waals surface area contributed by atoms with Crippen molar-refractivity contribution in [3.8, 4) is 16.9 Å². The minimum Gasteiger partial charge on any atom is -0.495 e. The lowest BCUT2D eigenvalue weighted by atomic mass is 10.0. The highest BCUT2D eigenvalue weighted by atomic mass is 16.5. The van der Waals surface area contributed by atoms with E-state index in [9.17, 15) is 0 Å². The van der Waals surface area contributed by atoms with E-state index in [0.717, 1.165) is 25.3 Å². The van der Waals surface area contributed by atoms with Crippen LogP contribution in [0.4, 0.5) is 11.4 Å². The van der Waals surface area contributed by atoms with Crippen LogP contribution in [0.1, 0.15) is 25.0 Å². The zero-order valence-corrected chi connectivity index (χ0v) is 12.9. The number of benzene rings is 2. The number of nitrogens with two attached hydrogens (primary N) is 1. The summed E-state index contributed by atoms with van der Waals surface area (Å²) in [4.78, 5) is 2.37. The topological polar surface area (TPSA) is 38.5 Å². The standard InChI is InChI=1S/C18H22N2O/c1-4-20(5-2)14-7-6-12-8-13-9-17(19)18(21-3)11-16(13)15(12)10-14/h6-7,9-11H,4-5,8,19H2,1-3H3. The van der Waals surface area contributed by atoms with Crippen LogP contribution in [0.2, 0.25) is 0 Å². The molecule has 21 heavy (non-hydrogen) atoms. The van der Waals surface area contributed by atoms with Gasteiger partial charge in [0.2, 0.25) is 0 Å². The van der Waals surface area contributed by atoms with E-state index in [4.69, 9.17) is 10.5 Å². The Bertz CT molecular complexity index is 675. The number of methoxy groups -OCH3 is 1. The SMILES string of the molecule is CCN(CC)c1ccc2c(c1)-c1cc(OC)c(N)cc1C2. The van der Waals surface area contributed by atoms with Crippen LogP contribution in [0, 0.1) is 0 Å². The van der Waals surface area contributed by atoms with E-state index in [-0.39, 0.29) is 0 Å². The molecule has 0 fully saturated rings. The first-order valence-electron chi connectivity index (χ1n) is 7.52. The highest BCUT2D eigenvalue weighted by molar-refractivity contribution is 5.83. The predicted molar refractivity (Wildman–Crippen MR) is 89.2 cm³/mol. The molecule has 0 aromatic heterocycles. The molecule has 3 rings (SSSR count). The molecule has 0 radical (unpaired) electrons. The maximum absolute atomic E-state index is 6.03. The summed E-state index contributed by atoms with van der Waals surface area (Å²) in [5.41, 5.74) is 13.3. The maximum atomic E-state index is 6.03. The molecule has 0 unspecified atom stereocenters. The van der Waals surface area contributed by atoms with Crippen LogP contribution in [0.5, 0.6) is 5.75 Å². The highest BCUT2D eigenvalue weighted by Crippen LogP contribution is 2.42. The number of ether oxygens (including phenoxy) is 1. The van der Waals surface area contributed by atoms with Gasteiger partial charge in [0.05, 0.1) is 12.8 Å². The van der Waals surface area contributed by atoms with Crippen LogP contribution in [0.3, 0.4) is 0 Å². The first-order valence-corrected chi connectivity index (χ1v) is 7.52. The van der Waals surface area contributed by atoms with Crippen molar-refractivity contribution >= 4 is 11.4 Å². The van der Waals surface area contributed by atoms with Crippen molar-refractivity contribution in [1.82, 2.24) is 0 Å². The Morgan fingerprint density at radius 1 is 1.05 bits per heavy atom. The number of rotatable bonds is 4. The van der Waals surface area contributed by atoms with Gasteiger partial charge >= 0.3 is 0 Å². The van der Waals surface area contributed by atoms with Crippen molar-refractivity contribution in [2.75, 3.05) is 30.8 Å². The predicted octanol–water partition coefficient (Wildman–Crippen LogP) is 3.69. The molecule has 0 saturated carbocycles. The molecule has 3 heteroatoms. The molecule has 2 N–H and O–H groups in total. The van der Waals surface area contributed by atoms with Gasteiger partial charge in [-0.1, -0.05) is 6.07 Å². The van der Waals surface area contributed by atoms with Gasteiger partial charge in [0.15, 0.2) is 0 Å². The van der Waals surface area contributed by atoms with Crippen LogP contribution in [0.25, 0.3) is 11.1 Å². The maximum Gasteiger partial charge on any atom is 0.142 e. The second-order valence-corrected chi connectivity index (χ2v) is 5.44. The monoisotopic (exact) mass is 282 g/mol. The van der Waals surface area contributed by atoms with Crippen molar-refractivity contribution in [3.63, 3.8) is 0 Å². The molecular weight excluding hydrogens is 260 g/mol. The fourth-order valence-electron chi connectivity index (χ4n) is 3.18. The van der Waals surface area contributed by atoms with Gasteiger partial charge in [-0.05, 0) is 66.8 Å². The molecule has 1 aliphatic rings. The molecule has 0 spiro atoms. The van der Waals surface area contributed by atoms with Crippen molar-refractivity contribution in [1.29, 1.82) is 0 Å². The average Bonchev–Trinajstić information content (AvgIpc) is 2.84. The van der Waals surface area contributed by atoms with Gasteiger partial charge in [0, 0.05) is 18.8 Å². The summed E-state index contributed by atoms with van der Waals surface area (Å²) in [5.74, 6) is 0.759. The molecule has 0 saturated heterocycles. The summed E-state index contributed by atoms with van der Waals surface area (Å²) < 4.78 is 5.37. The van der Waals surface area contributed by atoms with E-state index in [1.54, 1.807) is 7.11 Å². The number of fused-ring (bicyclic) bond motifs is 3. The van der Waals surface area contributed by atoms with E-state index >= 15 is 0 Å².